The Bertz CT molecular complexity index is 483. The first-order valence-corrected chi connectivity index (χ1v) is 7.60. The van der Waals surface area contributed by atoms with Crippen molar-refractivity contribution < 1.29 is 9.59 Å². The standard InChI is InChI=1S/C17H26N2O2/c1-5-13(4)10-17(21)19-15-8-6-7-14(11-15)18-16(20)9-12(2)3/h6-8,11-13H,5,9-10H2,1-4H3,(H,18,20)(H,19,21). The molecule has 0 saturated carbocycles. The van der Waals surface area contributed by atoms with E-state index in [9.17, 15) is 9.59 Å². The molecular weight excluding hydrogens is 264 g/mol. The lowest BCUT2D eigenvalue weighted by Gasteiger charge is -2.11. The second-order valence-corrected chi connectivity index (χ2v) is 5.99. The van der Waals surface area contributed by atoms with Crippen LogP contribution in [0, 0.1) is 11.8 Å². The molecule has 4 heteroatoms. The normalized spacial score (nSPS) is 12.0. The Balaban J connectivity index is 2.60. The molecule has 1 aromatic rings. The molecule has 2 amide bonds. The van der Waals surface area contributed by atoms with Gasteiger partial charge in [-0.05, 0) is 30.0 Å². The fourth-order valence-electron chi connectivity index (χ4n) is 1.93. The van der Waals surface area contributed by atoms with Gasteiger partial charge in [0.15, 0.2) is 0 Å². The summed E-state index contributed by atoms with van der Waals surface area (Å²) in [5.41, 5.74) is 1.42. The number of amides is 2. The Morgan fingerprint density at radius 1 is 1.00 bits per heavy atom. The van der Waals surface area contributed by atoms with Crippen LogP contribution in [0.2, 0.25) is 0 Å². The molecule has 0 saturated heterocycles. The molecule has 4 nitrogen and oxygen atoms in total. The number of rotatable bonds is 7. The summed E-state index contributed by atoms with van der Waals surface area (Å²) in [6.07, 6.45) is 1.99. The number of carbonyl (C=O) groups is 2. The third-order valence-electron chi connectivity index (χ3n) is 3.25. The molecule has 1 rings (SSSR count). The van der Waals surface area contributed by atoms with Gasteiger partial charge in [0.05, 0.1) is 0 Å². The molecule has 2 N–H and O–H groups in total. The molecule has 0 aromatic heterocycles. The first-order chi connectivity index (χ1) is 9.90. The second kappa shape index (κ2) is 8.45. The van der Waals surface area contributed by atoms with Crippen molar-refractivity contribution in [1.29, 1.82) is 0 Å². The van der Waals surface area contributed by atoms with Gasteiger partial charge in [-0.25, -0.2) is 0 Å². The zero-order valence-corrected chi connectivity index (χ0v) is 13.4. The van der Waals surface area contributed by atoms with E-state index in [0.29, 0.717) is 36.1 Å². The van der Waals surface area contributed by atoms with E-state index in [1.54, 1.807) is 6.07 Å². The van der Waals surface area contributed by atoms with Crippen molar-refractivity contribution in [2.75, 3.05) is 10.6 Å². The van der Waals surface area contributed by atoms with Crippen molar-refractivity contribution in [1.82, 2.24) is 0 Å². The fourth-order valence-corrected chi connectivity index (χ4v) is 1.93. The molecule has 1 atom stereocenters. The molecular formula is C17H26N2O2. The lowest BCUT2D eigenvalue weighted by molar-refractivity contribution is -0.117. The predicted molar refractivity (Wildman–Crippen MR) is 87.2 cm³/mol. The minimum Gasteiger partial charge on any atom is -0.326 e. The van der Waals surface area contributed by atoms with Crippen LogP contribution in [0.3, 0.4) is 0 Å². The van der Waals surface area contributed by atoms with Gasteiger partial charge in [0.1, 0.15) is 0 Å². The van der Waals surface area contributed by atoms with E-state index >= 15 is 0 Å². The van der Waals surface area contributed by atoms with Crippen molar-refractivity contribution in [3.8, 4) is 0 Å². The number of nitrogens with one attached hydrogen (secondary N) is 2. The molecule has 0 fully saturated rings. The van der Waals surface area contributed by atoms with Crippen molar-refractivity contribution in [3.05, 3.63) is 24.3 Å². The van der Waals surface area contributed by atoms with E-state index in [2.05, 4.69) is 24.5 Å². The highest BCUT2D eigenvalue weighted by Gasteiger charge is 2.09. The molecule has 0 radical (unpaired) electrons. The Morgan fingerprint density at radius 2 is 1.52 bits per heavy atom. The van der Waals surface area contributed by atoms with Gasteiger partial charge in [0, 0.05) is 24.2 Å². The van der Waals surface area contributed by atoms with Crippen LogP contribution >= 0.6 is 0 Å². The van der Waals surface area contributed by atoms with Crippen LogP contribution in [0.4, 0.5) is 11.4 Å². The van der Waals surface area contributed by atoms with Crippen molar-refractivity contribution in [2.45, 2.75) is 47.0 Å². The summed E-state index contributed by atoms with van der Waals surface area (Å²) in [5, 5.41) is 5.72. The topological polar surface area (TPSA) is 58.2 Å². The van der Waals surface area contributed by atoms with Crippen molar-refractivity contribution in [2.24, 2.45) is 11.8 Å². The smallest absolute Gasteiger partial charge is 0.224 e. The number of benzene rings is 1. The number of carbonyl (C=O) groups excluding carboxylic acids is 2. The Kier molecular flexibility index (Phi) is 6.92. The van der Waals surface area contributed by atoms with Crippen LogP contribution in [0.1, 0.15) is 47.0 Å². The third kappa shape index (κ3) is 6.93. The lowest BCUT2D eigenvalue weighted by Crippen LogP contribution is -2.16. The first kappa shape index (κ1) is 17.2. The minimum atomic E-state index is -0.00641. The summed E-state index contributed by atoms with van der Waals surface area (Å²) >= 11 is 0. The average Bonchev–Trinajstić information content (AvgIpc) is 2.37. The van der Waals surface area contributed by atoms with Crippen LogP contribution in [0.25, 0.3) is 0 Å². The molecule has 0 spiro atoms. The molecule has 116 valence electrons. The lowest BCUT2D eigenvalue weighted by atomic mass is 10.1. The Morgan fingerprint density at radius 3 is 2.00 bits per heavy atom. The molecule has 0 bridgehead atoms. The van der Waals surface area contributed by atoms with Crippen LogP contribution in [-0.4, -0.2) is 11.8 Å². The second-order valence-electron chi connectivity index (χ2n) is 5.99. The van der Waals surface area contributed by atoms with Gasteiger partial charge in [0.2, 0.25) is 11.8 Å². The highest BCUT2D eigenvalue weighted by atomic mass is 16.2. The Labute approximate surface area is 127 Å². The molecule has 1 aromatic carbocycles. The molecule has 0 heterocycles. The van der Waals surface area contributed by atoms with Gasteiger partial charge < -0.3 is 10.6 Å². The largest absolute Gasteiger partial charge is 0.326 e. The van der Waals surface area contributed by atoms with Gasteiger partial charge in [-0.1, -0.05) is 40.2 Å². The van der Waals surface area contributed by atoms with Crippen molar-refractivity contribution >= 4 is 23.2 Å². The zero-order valence-electron chi connectivity index (χ0n) is 13.4. The van der Waals surface area contributed by atoms with E-state index < -0.39 is 0 Å². The average molecular weight is 290 g/mol. The summed E-state index contributed by atoms with van der Waals surface area (Å²) in [7, 11) is 0. The first-order valence-electron chi connectivity index (χ1n) is 7.60. The SMILES string of the molecule is CCC(C)CC(=O)Nc1cccc(NC(=O)CC(C)C)c1. The Hall–Kier alpha value is -1.84. The van der Waals surface area contributed by atoms with Gasteiger partial charge in [0.25, 0.3) is 0 Å². The van der Waals surface area contributed by atoms with Gasteiger partial charge in [-0.3, -0.25) is 9.59 Å². The maximum absolute atomic E-state index is 11.9. The summed E-state index contributed by atoms with van der Waals surface area (Å²) in [6.45, 7) is 8.14. The number of hydrogen-bond donors (Lipinski definition) is 2. The summed E-state index contributed by atoms with van der Waals surface area (Å²) in [5.74, 6) is 0.699. The minimum absolute atomic E-state index is 0.00641. The zero-order chi connectivity index (χ0) is 15.8. The van der Waals surface area contributed by atoms with Gasteiger partial charge in [-0.15, -0.1) is 0 Å². The highest BCUT2D eigenvalue weighted by Crippen LogP contribution is 2.17. The maximum Gasteiger partial charge on any atom is 0.224 e. The predicted octanol–water partition coefficient (Wildman–Crippen LogP) is 4.05. The van der Waals surface area contributed by atoms with Crippen LogP contribution in [0.5, 0.6) is 0 Å². The van der Waals surface area contributed by atoms with Crippen LogP contribution in [-0.2, 0) is 9.59 Å². The van der Waals surface area contributed by atoms with Gasteiger partial charge >= 0.3 is 0 Å². The molecule has 0 aliphatic heterocycles. The number of anilines is 2. The fraction of sp³-hybridized carbons (Fsp3) is 0.529. The molecule has 0 aliphatic carbocycles. The van der Waals surface area contributed by atoms with E-state index in [0.717, 1.165) is 6.42 Å². The molecule has 21 heavy (non-hydrogen) atoms. The van der Waals surface area contributed by atoms with Crippen LogP contribution in [0.15, 0.2) is 24.3 Å². The quantitative estimate of drug-likeness (QED) is 0.796. The monoisotopic (exact) mass is 290 g/mol. The molecule has 0 aliphatic rings. The van der Waals surface area contributed by atoms with E-state index in [1.807, 2.05) is 32.0 Å². The van der Waals surface area contributed by atoms with Crippen molar-refractivity contribution in [3.63, 3.8) is 0 Å². The summed E-state index contributed by atoms with van der Waals surface area (Å²) in [6, 6.07) is 7.26. The van der Waals surface area contributed by atoms with E-state index in [4.69, 9.17) is 0 Å². The van der Waals surface area contributed by atoms with Gasteiger partial charge in [-0.2, -0.15) is 0 Å². The van der Waals surface area contributed by atoms with Crippen LogP contribution < -0.4 is 10.6 Å². The van der Waals surface area contributed by atoms with E-state index in [1.165, 1.54) is 0 Å². The summed E-state index contributed by atoms with van der Waals surface area (Å²) < 4.78 is 0. The third-order valence-corrected chi connectivity index (χ3v) is 3.25. The maximum atomic E-state index is 11.9. The molecule has 1 unspecified atom stereocenters. The summed E-state index contributed by atoms with van der Waals surface area (Å²) in [4.78, 5) is 23.6. The van der Waals surface area contributed by atoms with E-state index in [-0.39, 0.29) is 11.8 Å². The number of hydrogen-bond acceptors (Lipinski definition) is 2. The highest BCUT2D eigenvalue weighted by molar-refractivity contribution is 5.94.